The van der Waals surface area contributed by atoms with E-state index in [2.05, 4.69) is 23.2 Å². The van der Waals surface area contributed by atoms with E-state index in [1.807, 2.05) is 12.1 Å². The fraction of sp³-hybridized carbons (Fsp3) is 0.286. The van der Waals surface area contributed by atoms with E-state index < -0.39 is 0 Å². The van der Waals surface area contributed by atoms with E-state index in [9.17, 15) is 10.1 Å². The summed E-state index contributed by atoms with van der Waals surface area (Å²) in [6, 6.07) is 15.3. The van der Waals surface area contributed by atoms with Crippen molar-refractivity contribution in [2.45, 2.75) is 38.0 Å². The molecule has 0 N–H and O–H groups in total. The van der Waals surface area contributed by atoms with Crippen LogP contribution in [0.1, 0.15) is 43.6 Å². The number of aromatic nitrogens is 1. The second kappa shape index (κ2) is 6.63. The normalized spacial score (nSPS) is 15.4. The van der Waals surface area contributed by atoms with Gasteiger partial charge in [0.25, 0.3) is 5.69 Å². The molecule has 1 aromatic heterocycles. The molecule has 1 fully saturated rings. The minimum absolute atomic E-state index is 0.115. The molecule has 2 aromatic carbocycles. The summed E-state index contributed by atoms with van der Waals surface area (Å²) in [5, 5.41) is 12.3. The van der Waals surface area contributed by atoms with Crippen molar-refractivity contribution in [3.05, 3.63) is 70.4 Å². The summed E-state index contributed by atoms with van der Waals surface area (Å²) >= 11 is 0. The van der Waals surface area contributed by atoms with Gasteiger partial charge in [-0.3, -0.25) is 15.1 Å². The number of nitrogens with zero attached hydrogens (tertiary/aromatic N) is 2. The Morgan fingerprint density at radius 3 is 2.64 bits per heavy atom. The number of nitro benzene ring substituents is 1. The quantitative estimate of drug-likeness (QED) is 0.446. The second-order valence-corrected chi connectivity index (χ2v) is 6.79. The van der Waals surface area contributed by atoms with Gasteiger partial charge in [0.1, 0.15) is 0 Å². The van der Waals surface area contributed by atoms with E-state index in [0.29, 0.717) is 5.92 Å². The minimum atomic E-state index is -0.343. The van der Waals surface area contributed by atoms with Gasteiger partial charge >= 0.3 is 0 Å². The summed E-state index contributed by atoms with van der Waals surface area (Å²) in [6.07, 6.45) is 8.11. The van der Waals surface area contributed by atoms with Crippen LogP contribution in [0.5, 0.6) is 0 Å². The Morgan fingerprint density at radius 2 is 1.84 bits per heavy atom. The van der Waals surface area contributed by atoms with Gasteiger partial charge in [0.05, 0.1) is 10.4 Å². The van der Waals surface area contributed by atoms with Gasteiger partial charge in [-0.2, -0.15) is 0 Å². The maximum Gasteiger partial charge on any atom is 0.270 e. The predicted octanol–water partition coefficient (Wildman–Crippen LogP) is 5.86. The molecule has 1 saturated carbocycles. The zero-order valence-corrected chi connectivity index (χ0v) is 14.0. The fourth-order valence-electron chi connectivity index (χ4n) is 3.89. The molecule has 0 aliphatic heterocycles. The van der Waals surface area contributed by atoms with Crippen molar-refractivity contribution in [3.8, 4) is 11.1 Å². The topological polar surface area (TPSA) is 56.0 Å². The molecule has 0 atom stereocenters. The summed E-state index contributed by atoms with van der Waals surface area (Å²) < 4.78 is 0. The van der Waals surface area contributed by atoms with Crippen LogP contribution in [0.4, 0.5) is 5.69 Å². The molecule has 126 valence electrons. The average Bonchev–Trinajstić information content (AvgIpc) is 2.68. The molecule has 0 radical (unpaired) electrons. The summed E-state index contributed by atoms with van der Waals surface area (Å²) in [5.41, 5.74) is 4.20. The Kier molecular flexibility index (Phi) is 4.18. The van der Waals surface area contributed by atoms with Gasteiger partial charge in [-0.15, -0.1) is 0 Å². The lowest BCUT2D eigenvalue weighted by Gasteiger charge is -2.23. The number of nitro groups is 1. The zero-order chi connectivity index (χ0) is 17.2. The number of hydrogen-bond acceptors (Lipinski definition) is 3. The summed E-state index contributed by atoms with van der Waals surface area (Å²) in [6.45, 7) is 0. The van der Waals surface area contributed by atoms with E-state index in [1.165, 1.54) is 43.7 Å². The van der Waals surface area contributed by atoms with Gasteiger partial charge in [0.2, 0.25) is 0 Å². The van der Waals surface area contributed by atoms with Crippen molar-refractivity contribution in [2.24, 2.45) is 0 Å². The van der Waals surface area contributed by atoms with E-state index in [0.717, 1.165) is 22.0 Å². The summed E-state index contributed by atoms with van der Waals surface area (Å²) in [7, 11) is 0. The molecular formula is C21H20N2O2. The molecule has 0 spiro atoms. The van der Waals surface area contributed by atoms with Gasteiger partial charge in [0.15, 0.2) is 0 Å². The monoisotopic (exact) mass is 332 g/mol. The lowest BCUT2D eigenvalue weighted by molar-refractivity contribution is -0.384. The highest BCUT2D eigenvalue weighted by Gasteiger charge is 2.18. The zero-order valence-electron chi connectivity index (χ0n) is 14.0. The van der Waals surface area contributed by atoms with Crippen LogP contribution in [0.2, 0.25) is 0 Å². The van der Waals surface area contributed by atoms with E-state index in [4.69, 9.17) is 0 Å². The van der Waals surface area contributed by atoms with E-state index in [1.54, 1.807) is 18.3 Å². The molecule has 3 aromatic rings. The molecule has 1 aliphatic carbocycles. The van der Waals surface area contributed by atoms with Crippen molar-refractivity contribution in [1.29, 1.82) is 0 Å². The van der Waals surface area contributed by atoms with E-state index in [-0.39, 0.29) is 10.6 Å². The number of benzene rings is 2. The van der Waals surface area contributed by atoms with Gasteiger partial charge < -0.3 is 0 Å². The van der Waals surface area contributed by atoms with Gasteiger partial charge in [-0.1, -0.05) is 37.5 Å². The number of rotatable bonds is 3. The third kappa shape index (κ3) is 3.12. The Hall–Kier alpha value is -2.75. The lowest BCUT2D eigenvalue weighted by atomic mass is 9.82. The standard InChI is InChI=1S/C21H20N2O2/c24-23(25)19-10-4-8-16(13-19)20-14-18(15-6-2-1-3-7-15)12-17-9-5-11-22-21(17)20/h4-5,8-15H,1-3,6-7H2. The van der Waals surface area contributed by atoms with E-state index >= 15 is 0 Å². The summed E-state index contributed by atoms with van der Waals surface area (Å²) in [4.78, 5) is 15.4. The average molecular weight is 332 g/mol. The molecule has 0 bridgehead atoms. The molecule has 0 saturated heterocycles. The highest BCUT2D eigenvalue weighted by atomic mass is 16.6. The maximum absolute atomic E-state index is 11.2. The molecule has 1 heterocycles. The minimum Gasteiger partial charge on any atom is -0.258 e. The van der Waals surface area contributed by atoms with Crippen LogP contribution in [-0.4, -0.2) is 9.91 Å². The molecular weight excluding hydrogens is 312 g/mol. The first kappa shape index (κ1) is 15.8. The highest BCUT2D eigenvalue weighted by Crippen LogP contribution is 2.38. The van der Waals surface area contributed by atoms with Crippen LogP contribution in [-0.2, 0) is 0 Å². The first-order chi connectivity index (χ1) is 12.2. The number of hydrogen-bond donors (Lipinski definition) is 0. The van der Waals surface area contributed by atoms with Crippen molar-refractivity contribution >= 4 is 16.6 Å². The van der Waals surface area contributed by atoms with Crippen LogP contribution in [0.15, 0.2) is 54.7 Å². The number of fused-ring (bicyclic) bond motifs is 1. The third-order valence-electron chi connectivity index (χ3n) is 5.17. The predicted molar refractivity (Wildman–Crippen MR) is 99.7 cm³/mol. The smallest absolute Gasteiger partial charge is 0.258 e. The van der Waals surface area contributed by atoms with Crippen molar-refractivity contribution < 1.29 is 4.92 Å². The Morgan fingerprint density at radius 1 is 1.00 bits per heavy atom. The van der Waals surface area contributed by atoms with Crippen molar-refractivity contribution in [1.82, 2.24) is 4.98 Å². The molecule has 0 amide bonds. The second-order valence-electron chi connectivity index (χ2n) is 6.79. The SMILES string of the molecule is O=[N+]([O-])c1cccc(-c2cc(C3CCCCC3)cc3cccnc23)c1. The molecule has 4 nitrogen and oxygen atoms in total. The molecule has 25 heavy (non-hydrogen) atoms. The lowest BCUT2D eigenvalue weighted by Crippen LogP contribution is -2.05. The van der Waals surface area contributed by atoms with Crippen LogP contribution in [0.3, 0.4) is 0 Å². The van der Waals surface area contributed by atoms with Crippen LogP contribution in [0, 0.1) is 10.1 Å². The Bertz CT molecular complexity index is 930. The van der Waals surface area contributed by atoms with Crippen LogP contribution >= 0.6 is 0 Å². The number of pyridine rings is 1. The highest BCUT2D eigenvalue weighted by molar-refractivity contribution is 5.94. The molecule has 4 rings (SSSR count). The van der Waals surface area contributed by atoms with Crippen molar-refractivity contribution in [3.63, 3.8) is 0 Å². The Balaban J connectivity index is 1.89. The van der Waals surface area contributed by atoms with Crippen LogP contribution in [0.25, 0.3) is 22.0 Å². The maximum atomic E-state index is 11.2. The third-order valence-corrected chi connectivity index (χ3v) is 5.17. The first-order valence-electron chi connectivity index (χ1n) is 8.86. The largest absolute Gasteiger partial charge is 0.270 e. The van der Waals surface area contributed by atoms with Gasteiger partial charge in [-0.05, 0) is 48.1 Å². The number of non-ortho nitro benzene ring substituents is 1. The Labute approximate surface area is 146 Å². The van der Waals surface area contributed by atoms with Gasteiger partial charge in [-0.25, -0.2) is 0 Å². The molecule has 4 heteroatoms. The molecule has 1 aliphatic rings. The fourth-order valence-corrected chi connectivity index (χ4v) is 3.89. The summed E-state index contributed by atoms with van der Waals surface area (Å²) in [5.74, 6) is 0.579. The van der Waals surface area contributed by atoms with Crippen molar-refractivity contribution in [2.75, 3.05) is 0 Å². The molecule has 0 unspecified atom stereocenters. The van der Waals surface area contributed by atoms with Gasteiger partial charge in [0, 0.05) is 29.3 Å². The van der Waals surface area contributed by atoms with Crippen LogP contribution < -0.4 is 0 Å². The first-order valence-corrected chi connectivity index (χ1v) is 8.86.